The maximum Gasteiger partial charge on any atom is 0.152 e. The van der Waals surface area contributed by atoms with E-state index in [4.69, 9.17) is 11.6 Å². The zero-order valence-corrected chi connectivity index (χ0v) is 12.7. The summed E-state index contributed by atoms with van der Waals surface area (Å²) in [6.45, 7) is 4.34. The van der Waals surface area contributed by atoms with Gasteiger partial charge in [0.05, 0.1) is 5.02 Å². The van der Waals surface area contributed by atoms with Gasteiger partial charge in [-0.1, -0.05) is 49.7 Å². The van der Waals surface area contributed by atoms with Crippen LogP contribution in [0.15, 0.2) is 42.6 Å². The second-order valence-electron chi connectivity index (χ2n) is 5.52. The number of carbonyl (C=O) groups is 1. The number of hydrogen-bond donors (Lipinski definition) is 1. The number of aromatic nitrogens is 1. The number of rotatable bonds is 3. The van der Waals surface area contributed by atoms with Crippen LogP contribution >= 0.6 is 11.6 Å². The quantitative estimate of drug-likeness (QED) is 0.643. The summed E-state index contributed by atoms with van der Waals surface area (Å²) in [5, 5.41) is 1.58. The van der Waals surface area contributed by atoms with Gasteiger partial charge in [-0.05, 0) is 29.2 Å². The highest BCUT2D eigenvalue weighted by Crippen LogP contribution is 2.33. The summed E-state index contributed by atoms with van der Waals surface area (Å²) >= 11 is 6.38. The molecule has 3 rings (SSSR count). The molecule has 0 atom stereocenters. The summed E-state index contributed by atoms with van der Waals surface area (Å²) in [6.07, 6.45) is 2.57. The molecule has 0 bridgehead atoms. The minimum atomic E-state index is 0.503. The zero-order valence-electron chi connectivity index (χ0n) is 12.0. The average Bonchev–Trinajstić information content (AvgIpc) is 2.88. The average molecular weight is 298 g/mol. The van der Waals surface area contributed by atoms with E-state index in [1.165, 1.54) is 5.56 Å². The van der Waals surface area contributed by atoms with Crippen molar-refractivity contribution in [2.24, 2.45) is 0 Å². The van der Waals surface area contributed by atoms with Crippen molar-refractivity contribution in [1.29, 1.82) is 0 Å². The number of nitrogens with one attached hydrogen (secondary N) is 1. The number of hydrogen-bond acceptors (Lipinski definition) is 1. The molecule has 3 heteroatoms. The molecule has 3 aromatic rings. The largest absolute Gasteiger partial charge is 0.360 e. The minimum absolute atomic E-state index is 0.503. The Morgan fingerprint density at radius 2 is 1.86 bits per heavy atom. The number of aldehydes is 1. The summed E-state index contributed by atoms with van der Waals surface area (Å²) in [6, 6.07) is 12.2. The van der Waals surface area contributed by atoms with E-state index in [-0.39, 0.29) is 0 Å². The van der Waals surface area contributed by atoms with Gasteiger partial charge in [-0.3, -0.25) is 4.79 Å². The van der Waals surface area contributed by atoms with Crippen LogP contribution in [-0.2, 0) is 0 Å². The lowest BCUT2D eigenvalue weighted by Gasteiger charge is -2.09. The van der Waals surface area contributed by atoms with E-state index in [1.807, 2.05) is 12.1 Å². The predicted molar refractivity (Wildman–Crippen MR) is 88.2 cm³/mol. The summed E-state index contributed by atoms with van der Waals surface area (Å²) in [4.78, 5) is 14.1. The van der Waals surface area contributed by atoms with E-state index in [2.05, 4.69) is 43.1 Å². The second-order valence-corrected chi connectivity index (χ2v) is 5.92. The topological polar surface area (TPSA) is 32.9 Å². The van der Waals surface area contributed by atoms with Gasteiger partial charge in [0, 0.05) is 28.2 Å². The maximum absolute atomic E-state index is 11.1. The van der Waals surface area contributed by atoms with E-state index in [1.54, 1.807) is 6.20 Å². The molecule has 0 spiro atoms. The van der Waals surface area contributed by atoms with Gasteiger partial charge in [0.15, 0.2) is 6.29 Å². The summed E-state index contributed by atoms with van der Waals surface area (Å²) < 4.78 is 0. The summed E-state index contributed by atoms with van der Waals surface area (Å²) in [7, 11) is 0. The van der Waals surface area contributed by atoms with Gasteiger partial charge in [-0.25, -0.2) is 0 Å². The Labute approximate surface area is 128 Å². The molecule has 2 aromatic carbocycles. The van der Waals surface area contributed by atoms with Gasteiger partial charge in [0.25, 0.3) is 0 Å². The van der Waals surface area contributed by atoms with Crippen molar-refractivity contribution in [1.82, 2.24) is 4.98 Å². The molecule has 106 valence electrons. The normalized spacial score (nSPS) is 11.2. The first kappa shape index (κ1) is 13.9. The number of fused-ring (bicyclic) bond motifs is 1. The molecule has 1 N–H and O–H groups in total. The van der Waals surface area contributed by atoms with E-state index in [0.29, 0.717) is 16.5 Å². The third-order valence-electron chi connectivity index (χ3n) is 3.82. The maximum atomic E-state index is 11.1. The Balaban J connectivity index is 2.14. The molecule has 1 aromatic heterocycles. The van der Waals surface area contributed by atoms with E-state index in [9.17, 15) is 4.79 Å². The monoisotopic (exact) mass is 297 g/mol. The number of carbonyl (C=O) groups excluding carboxylic acids is 1. The van der Waals surface area contributed by atoms with Crippen LogP contribution in [0, 0.1) is 0 Å². The Kier molecular flexibility index (Phi) is 3.56. The van der Waals surface area contributed by atoms with Gasteiger partial charge >= 0.3 is 0 Å². The molecule has 0 aliphatic rings. The number of H-pyrrole nitrogens is 1. The van der Waals surface area contributed by atoms with Crippen LogP contribution in [0.5, 0.6) is 0 Å². The standard InChI is InChI=1S/C18H16ClNO/c1-11(2)12-3-5-13(6-4-12)15-7-16-14(10-21)9-20-18(16)8-17(15)19/h3-11,20H,1-2H3. The third kappa shape index (κ3) is 2.47. The highest BCUT2D eigenvalue weighted by atomic mass is 35.5. The fourth-order valence-corrected chi connectivity index (χ4v) is 2.80. The molecular formula is C18H16ClNO. The molecule has 0 amide bonds. The molecule has 0 fully saturated rings. The van der Waals surface area contributed by atoms with Crippen molar-refractivity contribution in [2.45, 2.75) is 19.8 Å². The molecule has 0 aliphatic carbocycles. The van der Waals surface area contributed by atoms with Gasteiger partial charge in [0.2, 0.25) is 0 Å². The first-order valence-corrected chi connectivity index (χ1v) is 7.34. The fraction of sp³-hybridized carbons (Fsp3) is 0.167. The van der Waals surface area contributed by atoms with Crippen molar-refractivity contribution in [3.8, 4) is 11.1 Å². The molecule has 0 unspecified atom stereocenters. The van der Waals surface area contributed by atoms with Crippen molar-refractivity contribution < 1.29 is 4.79 Å². The summed E-state index contributed by atoms with van der Waals surface area (Å²) in [5.74, 6) is 0.503. The van der Waals surface area contributed by atoms with Crippen LogP contribution in [0.2, 0.25) is 5.02 Å². The Bertz CT molecular complexity index is 800. The minimum Gasteiger partial charge on any atom is -0.360 e. The molecule has 0 aliphatic heterocycles. The number of benzene rings is 2. The van der Waals surface area contributed by atoms with Crippen LogP contribution in [-0.4, -0.2) is 11.3 Å². The van der Waals surface area contributed by atoms with E-state index < -0.39 is 0 Å². The van der Waals surface area contributed by atoms with Crippen LogP contribution in [0.1, 0.15) is 35.7 Å². The predicted octanol–water partition coefficient (Wildman–Crippen LogP) is 5.42. The van der Waals surface area contributed by atoms with Crippen LogP contribution in [0.25, 0.3) is 22.0 Å². The number of aromatic amines is 1. The first-order valence-electron chi connectivity index (χ1n) is 6.96. The Hall–Kier alpha value is -2.06. The van der Waals surface area contributed by atoms with Gasteiger partial charge < -0.3 is 4.98 Å². The van der Waals surface area contributed by atoms with E-state index in [0.717, 1.165) is 28.3 Å². The zero-order chi connectivity index (χ0) is 15.0. The molecule has 2 nitrogen and oxygen atoms in total. The molecule has 0 radical (unpaired) electrons. The van der Waals surface area contributed by atoms with Crippen LogP contribution in [0.4, 0.5) is 0 Å². The lowest BCUT2D eigenvalue weighted by Crippen LogP contribution is -1.87. The Morgan fingerprint density at radius 1 is 1.14 bits per heavy atom. The smallest absolute Gasteiger partial charge is 0.152 e. The third-order valence-corrected chi connectivity index (χ3v) is 4.13. The van der Waals surface area contributed by atoms with Crippen LogP contribution in [0.3, 0.4) is 0 Å². The van der Waals surface area contributed by atoms with Gasteiger partial charge in [-0.15, -0.1) is 0 Å². The highest BCUT2D eigenvalue weighted by Gasteiger charge is 2.10. The fourth-order valence-electron chi connectivity index (χ4n) is 2.53. The van der Waals surface area contributed by atoms with Crippen molar-refractivity contribution in [3.63, 3.8) is 0 Å². The van der Waals surface area contributed by atoms with Crippen molar-refractivity contribution in [2.75, 3.05) is 0 Å². The van der Waals surface area contributed by atoms with Gasteiger partial charge in [-0.2, -0.15) is 0 Å². The Morgan fingerprint density at radius 3 is 2.48 bits per heavy atom. The number of halogens is 1. The molecule has 0 saturated carbocycles. The molecule has 1 heterocycles. The lowest BCUT2D eigenvalue weighted by atomic mass is 9.98. The van der Waals surface area contributed by atoms with E-state index >= 15 is 0 Å². The second kappa shape index (κ2) is 5.38. The van der Waals surface area contributed by atoms with Gasteiger partial charge in [0.1, 0.15) is 0 Å². The highest BCUT2D eigenvalue weighted by molar-refractivity contribution is 6.34. The lowest BCUT2D eigenvalue weighted by molar-refractivity contribution is 0.112. The SMILES string of the molecule is CC(C)c1ccc(-c2cc3c(C=O)c[nH]c3cc2Cl)cc1. The molecular weight excluding hydrogens is 282 g/mol. The van der Waals surface area contributed by atoms with Crippen molar-refractivity contribution in [3.05, 3.63) is 58.7 Å². The van der Waals surface area contributed by atoms with Crippen LogP contribution < -0.4 is 0 Å². The van der Waals surface area contributed by atoms with Crippen molar-refractivity contribution >= 4 is 28.8 Å². The first-order chi connectivity index (χ1) is 10.1. The summed E-state index contributed by atoms with van der Waals surface area (Å²) in [5.41, 5.74) is 4.84. The molecule has 21 heavy (non-hydrogen) atoms. The molecule has 0 saturated heterocycles.